The first-order valence-corrected chi connectivity index (χ1v) is 7.43. The first-order chi connectivity index (χ1) is 11.5. The second-order valence-electron chi connectivity index (χ2n) is 5.53. The molecule has 0 saturated carbocycles. The van der Waals surface area contributed by atoms with Gasteiger partial charge in [0.2, 0.25) is 11.3 Å². The van der Waals surface area contributed by atoms with Gasteiger partial charge in [0, 0.05) is 19.5 Å². The summed E-state index contributed by atoms with van der Waals surface area (Å²) in [5, 5.41) is 7.36. The second kappa shape index (κ2) is 6.49. The van der Waals surface area contributed by atoms with Crippen LogP contribution >= 0.6 is 0 Å². The first kappa shape index (κ1) is 15.7. The number of rotatable bonds is 4. The highest BCUT2D eigenvalue weighted by molar-refractivity contribution is 5.91. The third kappa shape index (κ3) is 3.24. The highest BCUT2D eigenvalue weighted by Gasteiger charge is 2.08. The number of nitrogens with zero attached hydrogens (tertiary/aromatic N) is 4. The molecule has 7 nitrogen and oxygen atoms in total. The van der Waals surface area contributed by atoms with Crippen LogP contribution in [0.3, 0.4) is 0 Å². The van der Waals surface area contributed by atoms with Gasteiger partial charge in [-0.2, -0.15) is 5.10 Å². The van der Waals surface area contributed by atoms with Crippen LogP contribution in [0, 0.1) is 0 Å². The van der Waals surface area contributed by atoms with Crippen molar-refractivity contribution in [2.45, 2.75) is 6.54 Å². The summed E-state index contributed by atoms with van der Waals surface area (Å²) >= 11 is 0. The zero-order valence-corrected chi connectivity index (χ0v) is 13.4. The van der Waals surface area contributed by atoms with Gasteiger partial charge >= 0.3 is 0 Å². The van der Waals surface area contributed by atoms with E-state index in [-0.39, 0.29) is 17.9 Å². The topological polar surface area (TPSA) is 80.1 Å². The summed E-state index contributed by atoms with van der Waals surface area (Å²) in [5.74, 6) is 0.566. The summed E-state index contributed by atoms with van der Waals surface area (Å²) in [4.78, 5) is 30.2. The third-order valence-corrected chi connectivity index (χ3v) is 3.55. The van der Waals surface area contributed by atoms with Crippen LogP contribution in [0.15, 0.2) is 53.6 Å². The zero-order chi connectivity index (χ0) is 17.1. The minimum atomic E-state index is -0.240. The van der Waals surface area contributed by atoms with Crippen molar-refractivity contribution in [3.63, 3.8) is 0 Å². The zero-order valence-electron chi connectivity index (χ0n) is 13.4. The standard InChI is InChI=1S/C17H17N5O2/c1-21(2)16-8-7-12(9-18-16)20-17(24)11-22-14-6-4-3-5-13(14)15(23)10-19-22/h3-10H,11H2,1-2H3,(H,20,24). The van der Waals surface area contributed by atoms with Crippen LogP contribution in [0.2, 0.25) is 0 Å². The van der Waals surface area contributed by atoms with Gasteiger partial charge in [-0.15, -0.1) is 0 Å². The quantitative estimate of drug-likeness (QED) is 0.787. The number of anilines is 2. The molecule has 0 spiro atoms. The lowest BCUT2D eigenvalue weighted by Gasteiger charge is -2.12. The average molecular weight is 323 g/mol. The van der Waals surface area contributed by atoms with E-state index in [1.807, 2.05) is 31.1 Å². The van der Waals surface area contributed by atoms with Gasteiger partial charge in [-0.05, 0) is 24.3 Å². The number of carbonyl (C=O) groups excluding carboxylic acids is 1. The predicted octanol–water partition coefficient (Wildman–Crippen LogP) is 1.50. The van der Waals surface area contributed by atoms with E-state index in [0.717, 1.165) is 5.82 Å². The van der Waals surface area contributed by atoms with Gasteiger partial charge in [0.05, 0.1) is 23.6 Å². The van der Waals surface area contributed by atoms with Crippen LogP contribution in [-0.2, 0) is 11.3 Å². The molecular weight excluding hydrogens is 306 g/mol. The second-order valence-corrected chi connectivity index (χ2v) is 5.53. The fraction of sp³-hybridized carbons (Fsp3) is 0.176. The number of carbonyl (C=O) groups is 1. The highest BCUT2D eigenvalue weighted by atomic mass is 16.2. The van der Waals surface area contributed by atoms with Crippen LogP contribution in [0.25, 0.3) is 10.9 Å². The van der Waals surface area contributed by atoms with E-state index in [4.69, 9.17) is 0 Å². The fourth-order valence-corrected chi connectivity index (χ4v) is 2.35. The SMILES string of the molecule is CN(C)c1ccc(NC(=O)Cn2ncc(=O)c3ccccc32)cn1. The Morgan fingerprint density at radius 2 is 1.96 bits per heavy atom. The minimum Gasteiger partial charge on any atom is -0.363 e. The van der Waals surface area contributed by atoms with Crippen molar-refractivity contribution in [1.29, 1.82) is 0 Å². The number of fused-ring (bicyclic) bond motifs is 1. The van der Waals surface area contributed by atoms with E-state index in [1.54, 1.807) is 30.5 Å². The number of amides is 1. The maximum absolute atomic E-state index is 12.2. The van der Waals surface area contributed by atoms with Crippen LogP contribution in [-0.4, -0.2) is 34.8 Å². The molecule has 0 aliphatic rings. The molecule has 2 aromatic heterocycles. The van der Waals surface area contributed by atoms with Crippen LogP contribution in [0.5, 0.6) is 0 Å². The van der Waals surface area contributed by atoms with Crippen LogP contribution < -0.4 is 15.6 Å². The van der Waals surface area contributed by atoms with E-state index in [1.165, 1.54) is 10.9 Å². The molecule has 1 amide bonds. The Kier molecular flexibility index (Phi) is 4.24. The van der Waals surface area contributed by atoms with E-state index < -0.39 is 0 Å². The molecule has 24 heavy (non-hydrogen) atoms. The normalized spacial score (nSPS) is 10.6. The van der Waals surface area contributed by atoms with Crippen molar-refractivity contribution in [2.24, 2.45) is 0 Å². The fourth-order valence-electron chi connectivity index (χ4n) is 2.35. The van der Waals surface area contributed by atoms with E-state index >= 15 is 0 Å². The smallest absolute Gasteiger partial charge is 0.246 e. The molecule has 0 saturated heterocycles. The van der Waals surface area contributed by atoms with Crippen molar-refractivity contribution in [3.8, 4) is 0 Å². The summed E-state index contributed by atoms with van der Waals surface area (Å²) < 4.78 is 1.51. The number of benzene rings is 1. The Morgan fingerprint density at radius 1 is 1.17 bits per heavy atom. The lowest BCUT2D eigenvalue weighted by Crippen LogP contribution is -2.22. The maximum atomic E-state index is 12.2. The van der Waals surface area contributed by atoms with E-state index in [2.05, 4.69) is 15.4 Å². The Hall–Kier alpha value is -3.22. The number of para-hydroxylation sites is 1. The minimum absolute atomic E-state index is 0.0101. The molecule has 1 aromatic carbocycles. The lowest BCUT2D eigenvalue weighted by atomic mass is 10.2. The molecule has 3 aromatic rings. The van der Waals surface area contributed by atoms with Gasteiger partial charge in [-0.3, -0.25) is 14.3 Å². The number of aromatic nitrogens is 3. The summed E-state index contributed by atoms with van der Waals surface area (Å²) in [6.07, 6.45) is 2.83. The summed E-state index contributed by atoms with van der Waals surface area (Å²) in [5.41, 5.74) is 1.07. The van der Waals surface area contributed by atoms with E-state index in [0.29, 0.717) is 16.6 Å². The molecule has 2 heterocycles. The number of hydrogen-bond acceptors (Lipinski definition) is 5. The van der Waals surface area contributed by atoms with Gasteiger partial charge < -0.3 is 10.2 Å². The van der Waals surface area contributed by atoms with Crippen LogP contribution in [0.4, 0.5) is 11.5 Å². The van der Waals surface area contributed by atoms with Crippen molar-refractivity contribution >= 4 is 28.3 Å². The molecule has 0 fully saturated rings. The predicted molar refractivity (Wildman–Crippen MR) is 93.2 cm³/mol. The van der Waals surface area contributed by atoms with Crippen molar-refractivity contribution in [1.82, 2.24) is 14.8 Å². The first-order valence-electron chi connectivity index (χ1n) is 7.43. The Balaban J connectivity index is 1.78. The van der Waals surface area contributed by atoms with Gasteiger partial charge in [0.15, 0.2) is 0 Å². The third-order valence-electron chi connectivity index (χ3n) is 3.55. The Morgan fingerprint density at radius 3 is 2.67 bits per heavy atom. The maximum Gasteiger partial charge on any atom is 0.246 e. The number of pyridine rings is 1. The molecule has 7 heteroatoms. The molecule has 0 unspecified atom stereocenters. The highest BCUT2D eigenvalue weighted by Crippen LogP contribution is 2.12. The number of nitrogens with one attached hydrogen (secondary N) is 1. The van der Waals surface area contributed by atoms with Gasteiger partial charge in [0.25, 0.3) is 0 Å². The summed E-state index contributed by atoms with van der Waals surface area (Å²) in [6.45, 7) is 0.0101. The largest absolute Gasteiger partial charge is 0.363 e. The van der Waals surface area contributed by atoms with Crippen LogP contribution in [0.1, 0.15) is 0 Å². The van der Waals surface area contributed by atoms with Gasteiger partial charge in [-0.25, -0.2) is 4.98 Å². The molecule has 0 aliphatic carbocycles. The monoisotopic (exact) mass is 323 g/mol. The molecule has 0 atom stereocenters. The molecule has 3 rings (SSSR count). The molecule has 0 aliphatic heterocycles. The molecule has 0 radical (unpaired) electrons. The van der Waals surface area contributed by atoms with Crippen molar-refractivity contribution in [3.05, 3.63) is 59.0 Å². The summed E-state index contributed by atoms with van der Waals surface area (Å²) in [7, 11) is 3.79. The van der Waals surface area contributed by atoms with E-state index in [9.17, 15) is 9.59 Å². The van der Waals surface area contributed by atoms with Gasteiger partial charge in [-0.1, -0.05) is 12.1 Å². The average Bonchev–Trinajstić information content (AvgIpc) is 2.58. The molecule has 1 N–H and O–H groups in total. The Labute approximate surface area is 138 Å². The summed E-state index contributed by atoms with van der Waals surface area (Å²) in [6, 6.07) is 10.7. The van der Waals surface area contributed by atoms with Crippen molar-refractivity contribution in [2.75, 3.05) is 24.3 Å². The lowest BCUT2D eigenvalue weighted by molar-refractivity contribution is -0.116. The molecular formula is C17H17N5O2. The molecule has 122 valence electrons. The van der Waals surface area contributed by atoms with Gasteiger partial charge in [0.1, 0.15) is 12.4 Å². The molecule has 0 bridgehead atoms. The Bertz CT molecular complexity index is 932. The number of hydrogen-bond donors (Lipinski definition) is 1. The van der Waals surface area contributed by atoms with Crippen molar-refractivity contribution < 1.29 is 4.79 Å².